The van der Waals surface area contributed by atoms with Crippen molar-refractivity contribution in [1.29, 1.82) is 0 Å². The van der Waals surface area contributed by atoms with Crippen molar-refractivity contribution in [3.8, 4) is 0 Å². The van der Waals surface area contributed by atoms with Crippen molar-refractivity contribution < 1.29 is 22.7 Å². The summed E-state index contributed by atoms with van der Waals surface area (Å²) in [4.78, 5) is 10.7. The Kier molecular flexibility index (Phi) is 12.4. The van der Waals surface area contributed by atoms with Gasteiger partial charge in [-0.2, -0.15) is 13.2 Å². The van der Waals surface area contributed by atoms with Crippen molar-refractivity contribution in [1.82, 2.24) is 0 Å². The summed E-state index contributed by atoms with van der Waals surface area (Å²) in [6.45, 7) is 2.19. The topological polar surface area (TPSA) is 26.3 Å². The molecule has 0 N–H and O–H groups in total. The van der Waals surface area contributed by atoms with Crippen LogP contribution >= 0.6 is 0 Å². The highest BCUT2D eigenvalue weighted by Gasteiger charge is 2.16. The molecule has 0 aliphatic heterocycles. The van der Waals surface area contributed by atoms with E-state index >= 15 is 0 Å². The van der Waals surface area contributed by atoms with Gasteiger partial charge in [0, 0.05) is 0 Å². The van der Waals surface area contributed by atoms with Gasteiger partial charge in [-0.25, -0.2) is 4.79 Å². The molecule has 0 amide bonds. The van der Waals surface area contributed by atoms with E-state index in [-0.39, 0.29) is 6.61 Å². The molecule has 5 heteroatoms. The molecule has 20 heavy (non-hydrogen) atoms. The summed E-state index contributed by atoms with van der Waals surface area (Å²) in [6, 6.07) is 0. The first-order chi connectivity index (χ1) is 9.59. The average molecular weight is 294 g/mol. The molecule has 0 unspecified atom stereocenters. The minimum absolute atomic E-state index is 0.00394. The Hall–Kier alpha value is -1.00. The van der Waals surface area contributed by atoms with Gasteiger partial charge in [-0.1, -0.05) is 64.7 Å². The second kappa shape index (κ2) is 13.0. The van der Waals surface area contributed by atoms with Crippen LogP contribution in [-0.4, -0.2) is 12.6 Å². The summed E-state index contributed by atoms with van der Waals surface area (Å²) in [6.07, 6.45) is 8.58. The third kappa shape index (κ3) is 10.9. The van der Waals surface area contributed by atoms with E-state index in [2.05, 4.69) is 11.7 Å². The number of carbonyl (C=O) groups is 1. The van der Waals surface area contributed by atoms with Crippen molar-refractivity contribution in [2.45, 2.75) is 71.1 Å². The van der Waals surface area contributed by atoms with Crippen molar-refractivity contribution in [2.24, 2.45) is 0 Å². The normalized spacial score (nSPS) is 10.4. The number of hydrogen-bond acceptors (Lipinski definition) is 2. The van der Waals surface area contributed by atoms with Gasteiger partial charge in [-0.3, -0.25) is 0 Å². The van der Waals surface area contributed by atoms with Gasteiger partial charge in [-0.15, -0.1) is 0 Å². The van der Waals surface area contributed by atoms with Crippen LogP contribution in [0, 0.1) is 0 Å². The number of unbranched alkanes of at least 4 members (excludes halogenated alkanes) is 9. The van der Waals surface area contributed by atoms with Crippen molar-refractivity contribution in [2.75, 3.05) is 6.61 Å². The number of halogens is 3. The number of rotatable bonds is 12. The van der Waals surface area contributed by atoms with Crippen LogP contribution in [0.4, 0.5) is 13.2 Å². The molecule has 0 radical (unpaired) electrons. The molecule has 0 aromatic heterocycles. The monoisotopic (exact) mass is 294 g/mol. The minimum Gasteiger partial charge on any atom is -0.460 e. The Morgan fingerprint density at radius 2 is 1.25 bits per heavy atom. The van der Waals surface area contributed by atoms with Crippen LogP contribution < -0.4 is 0 Å². The van der Waals surface area contributed by atoms with Crippen LogP contribution in [0.1, 0.15) is 71.1 Å². The van der Waals surface area contributed by atoms with Crippen molar-refractivity contribution >= 4 is 5.97 Å². The van der Waals surface area contributed by atoms with Crippen LogP contribution in [0.2, 0.25) is 0 Å². The van der Waals surface area contributed by atoms with Gasteiger partial charge in [0.1, 0.15) is 0 Å². The van der Waals surface area contributed by atoms with Gasteiger partial charge in [0.2, 0.25) is 0 Å². The number of hydrogen-bond donors (Lipinski definition) is 0. The lowest BCUT2D eigenvalue weighted by atomic mass is 10.1. The van der Waals surface area contributed by atoms with Gasteiger partial charge >= 0.3 is 12.0 Å². The Balaban J connectivity index is 3.29. The maximum Gasteiger partial charge on any atom is 0.372 e. The summed E-state index contributed by atoms with van der Waals surface area (Å²) < 4.78 is 40.2. The highest BCUT2D eigenvalue weighted by atomic mass is 19.3. The lowest BCUT2D eigenvalue weighted by Crippen LogP contribution is -2.07. The summed E-state index contributed by atoms with van der Waals surface area (Å²) in [5.74, 6) is -3.65. The zero-order chi connectivity index (χ0) is 15.2. The van der Waals surface area contributed by atoms with Crippen molar-refractivity contribution in [3.05, 3.63) is 11.9 Å². The Morgan fingerprint density at radius 1 is 0.800 bits per heavy atom. The Labute approximate surface area is 119 Å². The van der Waals surface area contributed by atoms with E-state index in [0.717, 1.165) is 19.3 Å². The molecule has 0 aromatic rings. The van der Waals surface area contributed by atoms with Crippen LogP contribution in [0.3, 0.4) is 0 Å². The summed E-state index contributed by atoms with van der Waals surface area (Å²) in [7, 11) is 0. The molecule has 0 aromatic carbocycles. The van der Waals surface area contributed by atoms with Gasteiger partial charge in [0.05, 0.1) is 6.61 Å². The molecule has 0 heterocycles. The molecule has 0 aliphatic carbocycles. The van der Waals surface area contributed by atoms with Crippen LogP contribution in [0.25, 0.3) is 0 Å². The minimum atomic E-state index is -2.63. The number of esters is 1. The average Bonchev–Trinajstić information content (AvgIpc) is 2.43. The molecule has 0 atom stereocenters. The predicted molar refractivity (Wildman–Crippen MR) is 73.2 cm³/mol. The molecular formula is C15H25F3O2. The van der Waals surface area contributed by atoms with Crippen LogP contribution in [0.15, 0.2) is 11.9 Å². The Bertz CT molecular complexity index is 287. The third-order valence-corrected chi connectivity index (χ3v) is 3.08. The third-order valence-electron chi connectivity index (χ3n) is 3.08. The summed E-state index contributed by atoms with van der Waals surface area (Å²) in [5.41, 5.74) is 0. The fraction of sp³-hybridized carbons (Fsp3) is 0.800. The van der Waals surface area contributed by atoms with Crippen LogP contribution in [0.5, 0.6) is 0 Å². The molecule has 0 aliphatic rings. The summed E-state index contributed by atoms with van der Waals surface area (Å²) >= 11 is 0. The fourth-order valence-electron chi connectivity index (χ4n) is 1.89. The molecule has 2 nitrogen and oxygen atoms in total. The SMILES string of the molecule is CCCCCCCCCCCCOC(=O)C(F)=C(F)F. The second-order valence-corrected chi connectivity index (χ2v) is 4.89. The van der Waals surface area contributed by atoms with E-state index in [0.29, 0.717) is 6.42 Å². The predicted octanol–water partition coefficient (Wildman–Crippen LogP) is 5.53. The van der Waals surface area contributed by atoms with Gasteiger partial charge in [0.15, 0.2) is 0 Å². The van der Waals surface area contributed by atoms with E-state index in [1.54, 1.807) is 0 Å². The van der Waals surface area contributed by atoms with Crippen LogP contribution in [-0.2, 0) is 9.53 Å². The van der Waals surface area contributed by atoms with E-state index < -0.39 is 17.9 Å². The van der Waals surface area contributed by atoms with Gasteiger partial charge in [0.25, 0.3) is 5.83 Å². The van der Waals surface area contributed by atoms with E-state index in [1.165, 1.54) is 38.5 Å². The standard InChI is InChI=1S/C15H25F3O2/c1-2-3-4-5-6-7-8-9-10-11-12-20-15(19)13(16)14(17)18/h2-12H2,1H3. The molecule has 0 saturated heterocycles. The Morgan fingerprint density at radius 3 is 1.70 bits per heavy atom. The second-order valence-electron chi connectivity index (χ2n) is 4.89. The van der Waals surface area contributed by atoms with E-state index in [1.807, 2.05) is 0 Å². The maximum atomic E-state index is 12.4. The first-order valence-corrected chi connectivity index (χ1v) is 7.47. The highest BCUT2D eigenvalue weighted by Crippen LogP contribution is 2.12. The molecule has 0 fully saturated rings. The number of carbonyl (C=O) groups excluding carboxylic acids is 1. The zero-order valence-corrected chi connectivity index (χ0v) is 12.2. The first kappa shape index (κ1) is 19.0. The molecule has 0 rings (SSSR count). The number of ether oxygens (including phenoxy) is 1. The lowest BCUT2D eigenvalue weighted by Gasteiger charge is -2.03. The molecule has 0 saturated carbocycles. The first-order valence-electron chi connectivity index (χ1n) is 7.47. The summed E-state index contributed by atoms with van der Waals surface area (Å²) in [5, 5.41) is 0. The fourth-order valence-corrected chi connectivity index (χ4v) is 1.89. The largest absolute Gasteiger partial charge is 0.460 e. The van der Waals surface area contributed by atoms with Crippen molar-refractivity contribution in [3.63, 3.8) is 0 Å². The molecule has 0 spiro atoms. The smallest absolute Gasteiger partial charge is 0.372 e. The quantitative estimate of drug-likeness (QED) is 0.269. The molecule has 118 valence electrons. The maximum absolute atomic E-state index is 12.4. The van der Waals surface area contributed by atoms with Gasteiger partial charge < -0.3 is 4.74 Å². The van der Waals surface area contributed by atoms with E-state index in [4.69, 9.17) is 0 Å². The zero-order valence-electron chi connectivity index (χ0n) is 12.2. The lowest BCUT2D eigenvalue weighted by molar-refractivity contribution is -0.141. The highest BCUT2D eigenvalue weighted by molar-refractivity contribution is 5.86. The van der Waals surface area contributed by atoms with Gasteiger partial charge in [-0.05, 0) is 6.42 Å². The molecular weight excluding hydrogens is 269 g/mol. The molecule has 0 bridgehead atoms. The van der Waals surface area contributed by atoms with E-state index in [9.17, 15) is 18.0 Å².